The minimum absolute atomic E-state index is 0.107. The van der Waals surface area contributed by atoms with E-state index in [2.05, 4.69) is 0 Å². The normalized spacial score (nSPS) is 10.5. The van der Waals surface area contributed by atoms with Crippen molar-refractivity contribution in [1.82, 2.24) is 0 Å². The van der Waals surface area contributed by atoms with E-state index in [9.17, 15) is 9.18 Å². The number of rotatable bonds is 4. The maximum absolute atomic E-state index is 12.7. The Morgan fingerprint density at radius 3 is 2.41 bits per heavy atom. The second-order valence-corrected chi connectivity index (χ2v) is 5.52. The highest BCUT2D eigenvalue weighted by atomic mass is 35.5. The lowest BCUT2D eigenvalue weighted by Gasteiger charge is -1.99. The van der Waals surface area contributed by atoms with E-state index in [1.165, 1.54) is 23.5 Å². The number of carbonyl (C=O) groups excluding carboxylic acids is 1. The number of thiophene rings is 1. The van der Waals surface area contributed by atoms with Gasteiger partial charge in [0, 0.05) is 17.7 Å². The summed E-state index contributed by atoms with van der Waals surface area (Å²) in [6.07, 6.45) is 0.713. The molecule has 0 bridgehead atoms. The molecule has 1 nitrogen and oxygen atoms in total. The summed E-state index contributed by atoms with van der Waals surface area (Å²) < 4.78 is 13.4. The molecule has 1 aromatic heterocycles. The van der Waals surface area contributed by atoms with E-state index in [1.54, 1.807) is 18.2 Å². The summed E-state index contributed by atoms with van der Waals surface area (Å²) in [5, 5.41) is 0. The number of hydrogen-bond donors (Lipinski definition) is 0. The Bertz CT molecular complexity index is 518. The number of halogens is 2. The van der Waals surface area contributed by atoms with E-state index >= 15 is 0 Å². The monoisotopic (exact) mass is 268 g/mol. The van der Waals surface area contributed by atoms with Gasteiger partial charge in [-0.15, -0.1) is 11.3 Å². The number of benzene rings is 1. The molecule has 17 heavy (non-hydrogen) atoms. The Kier molecular flexibility index (Phi) is 3.92. The Morgan fingerprint density at radius 2 is 1.82 bits per heavy atom. The first-order valence-electron chi connectivity index (χ1n) is 5.14. The van der Waals surface area contributed by atoms with Gasteiger partial charge in [-0.1, -0.05) is 23.7 Å². The second kappa shape index (κ2) is 5.43. The number of hydrogen-bond acceptors (Lipinski definition) is 2. The van der Waals surface area contributed by atoms with Crippen molar-refractivity contribution >= 4 is 28.7 Å². The predicted molar refractivity (Wildman–Crippen MR) is 68.1 cm³/mol. The molecule has 0 aliphatic rings. The van der Waals surface area contributed by atoms with Gasteiger partial charge in [-0.2, -0.15) is 0 Å². The van der Waals surface area contributed by atoms with E-state index in [0.29, 0.717) is 17.2 Å². The fraction of sp³-hybridized carbons (Fsp3) is 0.154. The summed E-state index contributed by atoms with van der Waals surface area (Å²) in [5.41, 5.74) is 0.832. The molecule has 0 aliphatic carbocycles. The largest absolute Gasteiger partial charge is 0.299 e. The van der Waals surface area contributed by atoms with Crippen LogP contribution in [-0.2, 0) is 17.6 Å². The number of carbonyl (C=O) groups is 1. The molecule has 0 saturated heterocycles. The van der Waals surface area contributed by atoms with Gasteiger partial charge >= 0.3 is 0 Å². The van der Waals surface area contributed by atoms with Crippen LogP contribution < -0.4 is 0 Å². The number of Topliss-reactive ketones (excluding diaryl/α,β-unsaturated/α-hetero) is 1. The zero-order valence-corrected chi connectivity index (χ0v) is 10.5. The lowest BCUT2D eigenvalue weighted by Crippen LogP contribution is -2.05. The van der Waals surface area contributed by atoms with Gasteiger partial charge in [-0.05, 0) is 29.8 Å². The lowest BCUT2D eigenvalue weighted by atomic mass is 10.1. The topological polar surface area (TPSA) is 17.1 Å². The Balaban J connectivity index is 1.95. The molecule has 0 aliphatic heterocycles. The van der Waals surface area contributed by atoms with Crippen molar-refractivity contribution in [2.24, 2.45) is 0 Å². The first kappa shape index (κ1) is 12.3. The second-order valence-electron chi connectivity index (χ2n) is 3.72. The van der Waals surface area contributed by atoms with Gasteiger partial charge in [0.15, 0.2) is 0 Å². The molecule has 0 fully saturated rings. The van der Waals surface area contributed by atoms with Crippen LogP contribution in [0.1, 0.15) is 10.4 Å². The zero-order valence-electron chi connectivity index (χ0n) is 8.95. The maximum atomic E-state index is 12.7. The van der Waals surface area contributed by atoms with Crippen LogP contribution in [0, 0.1) is 5.82 Å². The van der Waals surface area contributed by atoms with Gasteiger partial charge in [0.1, 0.15) is 11.6 Å². The smallest absolute Gasteiger partial charge is 0.142 e. The Hall–Kier alpha value is -1.19. The molecular formula is C13H10ClFOS. The predicted octanol–water partition coefficient (Wildman–Crippen LogP) is 3.89. The summed E-state index contributed by atoms with van der Waals surface area (Å²) >= 11 is 7.20. The molecule has 88 valence electrons. The fourth-order valence-corrected chi connectivity index (χ4v) is 2.65. The van der Waals surface area contributed by atoms with Crippen molar-refractivity contribution in [3.05, 3.63) is 57.0 Å². The molecule has 4 heteroatoms. The summed E-state index contributed by atoms with van der Waals surface area (Å²) in [4.78, 5) is 12.7. The van der Waals surface area contributed by atoms with Crippen LogP contribution in [0.25, 0.3) is 0 Å². The van der Waals surface area contributed by atoms with E-state index in [4.69, 9.17) is 11.6 Å². The highest BCUT2D eigenvalue weighted by Crippen LogP contribution is 2.22. The molecule has 1 heterocycles. The Labute approximate surface area is 108 Å². The number of ketones is 1. The van der Waals surface area contributed by atoms with Crippen LogP contribution in [0.15, 0.2) is 36.4 Å². The molecule has 0 N–H and O–H groups in total. The quantitative estimate of drug-likeness (QED) is 0.822. The van der Waals surface area contributed by atoms with E-state index in [-0.39, 0.29) is 11.6 Å². The molecule has 0 atom stereocenters. The third-order valence-electron chi connectivity index (χ3n) is 2.31. The van der Waals surface area contributed by atoms with Gasteiger partial charge in [0.2, 0.25) is 0 Å². The van der Waals surface area contributed by atoms with Crippen molar-refractivity contribution in [3.8, 4) is 0 Å². The van der Waals surface area contributed by atoms with Gasteiger partial charge < -0.3 is 0 Å². The molecule has 0 spiro atoms. The molecular weight excluding hydrogens is 259 g/mol. The standard InChI is InChI=1S/C13H10ClFOS/c14-13-6-5-12(17-13)8-11(16)7-9-1-3-10(15)4-2-9/h1-6H,7-8H2. The van der Waals surface area contributed by atoms with Crippen LogP contribution in [-0.4, -0.2) is 5.78 Å². The average molecular weight is 269 g/mol. The summed E-state index contributed by atoms with van der Waals surface area (Å²) in [6.45, 7) is 0. The van der Waals surface area contributed by atoms with Crippen molar-refractivity contribution in [1.29, 1.82) is 0 Å². The third-order valence-corrected chi connectivity index (χ3v) is 3.55. The zero-order chi connectivity index (χ0) is 12.3. The van der Waals surface area contributed by atoms with Gasteiger partial charge in [0.05, 0.1) is 4.34 Å². The summed E-state index contributed by atoms with van der Waals surface area (Å²) in [6, 6.07) is 9.64. The van der Waals surface area contributed by atoms with Crippen LogP contribution in [0.3, 0.4) is 0 Å². The lowest BCUT2D eigenvalue weighted by molar-refractivity contribution is -0.117. The molecule has 2 aromatic rings. The van der Waals surface area contributed by atoms with E-state index < -0.39 is 0 Å². The van der Waals surface area contributed by atoms with Gasteiger partial charge in [-0.3, -0.25) is 4.79 Å². The first-order chi connectivity index (χ1) is 8.13. The third kappa shape index (κ3) is 3.65. The molecule has 0 radical (unpaired) electrons. The van der Waals surface area contributed by atoms with E-state index in [0.717, 1.165) is 10.4 Å². The van der Waals surface area contributed by atoms with Crippen molar-refractivity contribution in [3.63, 3.8) is 0 Å². The molecule has 0 amide bonds. The van der Waals surface area contributed by atoms with Crippen LogP contribution >= 0.6 is 22.9 Å². The summed E-state index contributed by atoms with van der Waals surface area (Å²) in [7, 11) is 0. The minimum Gasteiger partial charge on any atom is -0.299 e. The van der Waals surface area contributed by atoms with Crippen LogP contribution in [0.5, 0.6) is 0 Å². The van der Waals surface area contributed by atoms with E-state index in [1.807, 2.05) is 6.07 Å². The molecule has 0 unspecified atom stereocenters. The molecule has 1 aromatic carbocycles. The molecule has 0 saturated carbocycles. The maximum Gasteiger partial charge on any atom is 0.142 e. The first-order valence-corrected chi connectivity index (χ1v) is 6.33. The average Bonchev–Trinajstić information content (AvgIpc) is 2.67. The van der Waals surface area contributed by atoms with Crippen molar-refractivity contribution in [2.75, 3.05) is 0 Å². The van der Waals surface area contributed by atoms with Crippen LogP contribution in [0.2, 0.25) is 4.34 Å². The fourth-order valence-electron chi connectivity index (χ4n) is 1.53. The van der Waals surface area contributed by atoms with Gasteiger partial charge in [0.25, 0.3) is 0 Å². The molecule has 2 rings (SSSR count). The van der Waals surface area contributed by atoms with Crippen LogP contribution in [0.4, 0.5) is 4.39 Å². The Morgan fingerprint density at radius 1 is 1.12 bits per heavy atom. The van der Waals surface area contributed by atoms with Gasteiger partial charge in [-0.25, -0.2) is 4.39 Å². The highest BCUT2D eigenvalue weighted by molar-refractivity contribution is 7.16. The van der Waals surface area contributed by atoms with Crippen molar-refractivity contribution in [2.45, 2.75) is 12.8 Å². The van der Waals surface area contributed by atoms with Crippen molar-refractivity contribution < 1.29 is 9.18 Å². The SMILES string of the molecule is O=C(Cc1ccc(F)cc1)Cc1ccc(Cl)s1. The minimum atomic E-state index is -0.286. The summed E-state index contributed by atoms with van der Waals surface area (Å²) in [5.74, 6) is -0.179. The highest BCUT2D eigenvalue weighted by Gasteiger charge is 2.07.